The molecule has 4 rings (SSSR count). The van der Waals surface area contributed by atoms with Gasteiger partial charge < -0.3 is 10.6 Å². The van der Waals surface area contributed by atoms with Gasteiger partial charge in [-0.15, -0.1) is 11.3 Å². The van der Waals surface area contributed by atoms with Crippen LogP contribution in [0.1, 0.15) is 17.3 Å². The third-order valence-electron chi connectivity index (χ3n) is 4.13. The molecule has 0 radical (unpaired) electrons. The number of carbonyl (C=O) groups is 2. The van der Waals surface area contributed by atoms with Crippen molar-refractivity contribution >= 4 is 44.7 Å². The predicted molar refractivity (Wildman–Crippen MR) is 114 cm³/mol. The Balaban J connectivity index is 1.50. The van der Waals surface area contributed by atoms with E-state index in [1.54, 1.807) is 35.6 Å². The molecule has 2 N–H and O–H groups in total. The van der Waals surface area contributed by atoms with E-state index >= 15 is 0 Å². The molecule has 3 aromatic carbocycles. The average molecular weight is 387 g/mol. The normalized spacial score (nSPS) is 10.6. The van der Waals surface area contributed by atoms with Crippen molar-refractivity contribution in [1.82, 2.24) is 4.98 Å². The van der Waals surface area contributed by atoms with Crippen LogP contribution in [0.3, 0.4) is 0 Å². The molecule has 0 atom stereocenters. The first-order valence-corrected chi connectivity index (χ1v) is 9.55. The SMILES string of the molecule is CC(=O)Nc1cccc(C(=O)Nc2ccc(-c3nc4ccccc4s3)cc2)c1. The molecule has 0 spiro atoms. The van der Waals surface area contributed by atoms with Gasteiger partial charge in [-0.3, -0.25) is 9.59 Å². The highest BCUT2D eigenvalue weighted by molar-refractivity contribution is 7.21. The maximum atomic E-state index is 12.5. The number of amides is 2. The fourth-order valence-electron chi connectivity index (χ4n) is 2.84. The minimum absolute atomic E-state index is 0.178. The van der Waals surface area contributed by atoms with Gasteiger partial charge >= 0.3 is 0 Å². The van der Waals surface area contributed by atoms with Gasteiger partial charge in [-0.2, -0.15) is 0 Å². The van der Waals surface area contributed by atoms with Gasteiger partial charge in [0.2, 0.25) is 5.91 Å². The molecular weight excluding hydrogens is 370 g/mol. The molecule has 2 amide bonds. The quantitative estimate of drug-likeness (QED) is 0.507. The molecule has 0 fully saturated rings. The van der Waals surface area contributed by atoms with Gasteiger partial charge in [0.25, 0.3) is 5.91 Å². The first kappa shape index (κ1) is 17.9. The number of anilines is 2. The molecule has 0 saturated heterocycles. The topological polar surface area (TPSA) is 71.1 Å². The van der Waals surface area contributed by atoms with Crippen molar-refractivity contribution in [3.05, 3.63) is 78.4 Å². The summed E-state index contributed by atoms with van der Waals surface area (Å²) in [5.41, 5.74) is 3.75. The molecule has 0 aliphatic heterocycles. The Hall–Kier alpha value is -3.51. The zero-order valence-corrected chi connectivity index (χ0v) is 15.9. The number of fused-ring (bicyclic) bond motifs is 1. The molecule has 0 aliphatic rings. The maximum absolute atomic E-state index is 12.5. The first-order valence-electron chi connectivity index (χ1n) is 8.73. The summed E-state index contributed by atoms with van der Waals surface area (Å²) in [6.07, 6.45) is 0. The van der Waals surface area contributed by atoms with Crippen molar-refractivity contribution in [3.63, 3.8) is 0 Å². The van der Waals surface area contributed by atoms with E-state index in [0.717, 1.165) is 20.8 Å². The van der Waals surface area contributed by atoms with Crippen LogP contribution >= 0.6 is 11.3 Å². The number of benzene rings is 3. The van der Waals surface area contributed by atoms with Crippen LogP contribution in [0.15, 0.2) is 72.8 Å². The fourth-order valence-corrected chi connectivity index (χ4v) is 3.81. The summed E-state index contributed by atoms with van der Waals surface area (Å²) in [4.78, 5) is 28.3. The van der Waals surface area contributed by atoms with Crippen LogP contribution in [-0.4, -0.2) is 16.8 Å². The van der Waals surface area contributed by atoms with Crippen LogP contribution in [-0.2, 0) is 4.79 Å². The summed E-state index contributed by atoms with van der Waals surface area (Å²) in [5.74, 6) is -0.414. The number of para-hydroxylation sites is 1. The van der Waals surface area contributed by atoms with Crippen molar-refractivity contribution in [2.45, 2.75) is 6.92 Å². The minimum atomic E-state index is -0.236. The number of rotatable bonds is 4. The van der Waals surface area contributed by atoms with E-state index in [1.165, 1.54) is 6.92 Å². The van der Waals surface area contributed by atoms with Crippen molar-refractivity contribution < 1.29 is 9.59 Å². The lowest BCUT2D eigenvalue weighted by atomic mass is 10.1. The standard InChI is InChI=1S/C22H17N3O2S/c1-14(26)23-18-6-4-5-16(13-18)21(27)24-17-11-9-15(10-12-17)22-25-19-7-2-3-8-20(19)28-22/h2-13H,1H3,(H,23,26)(H,24,27). The van der Waals surface area contributed by atoms with Gasteiger partial charge in [-0.05, 0) is 54.6 Å². The van der Waals surface area contributed by atoms with Gasteiger partial charge in [0.1, 0.15) is 5.01 Å². The van der Waals surface area contributed by atoms with Gasteiger partial charge in [0.15, 0.2) is 0 Å². The lowest BCUT2D eigenvalue weighted by molar-refractivity contribution is -0.114. The zero-order chi connectivity index (χ0) is 19.5. The molecule has 0 aliphatic carbocycles. The van der Waals surface area contributed by atoms with E-state index in [2.05, 4.69) is 21.7 Å². The Morgan fingerprint density at radius 2 is 1.64 bits per heavy atom. The Bertz CT molecular complexity index is 1130. The lowest BCUT2D eigenvalue weighted by Crippen LogP contribution is -2.13. The summed E-state index contributed by atoms with van der Waals surface area (Å²) in [7, 11) is 0. The monoisotopic (exact) mass is 387 g/mol. The lowest BCUT2D eigenvalue weighted by Gasteiger charge is -2.08. The van der Waals surface area contributed by atoms with Gasteiger partial charge in [0, 0.05) is 29.4 Å². The highest BCUT2D eigenvalue weighted by atomic mass is 32.1. The molecule has 5 nitrogen and oxygen atoms in total. The van der Waals surface area contributed by atoms with Crippen LogP contribution in [0.5, 0.6) is 0 Å². The second kappa shape index (κ2) is 7.62. The second-order valence-corrected chi connectivity index (χ2v) is 7.31. The van der Waals surface area contributed by atoms with Crippen molar-refractivity contribution in [1.29, 1.82) is 0 Å². The van der Waals surface area contributed by atoms with Crippen LogP contribution in [0.4, 0.5) is 11.4 Å². The van der Waals surface area contributed by atoms with E-state index < -0.39 is 0 Å². The van der Waals surface area contributed by atoms with Crippen molar-refractivity contribution in [2.75, 3.05) is 10.6 Å². The Morgan fingerprint density at radius 3 is 2.39 bits per heavy atom. The Labute approximate surface area is 166 Å². The Morgan fingerprint density at radius 1 is 0.857 bits per heavy atom. The highest BCUT2D eigenvalue weighted by Gasteiger charge is 2.09. The smallest absolute Gasteiger partial charge is 0.255 e. The summed E-state index contributed by atoms with van der Waals surface area (Å²) in [6.45, 7) is 1.43. The maximum Gasteiger partial charge on any atom is 0.255 e. The van der Waals surface area contributed by atoms with Gasteiger partial charge in [-0.1, -0.05) is 18.2 Å². The predicted octanol–water partition coefficient (Wildman–Crippen LogP) is 5.17. The van der Waals surface area contributed by atoms with Gasteiger partial charge in [-0.25, -0.2) is 4.98 Å². The van der Waals surface area contributed by atoms with E-state index in [9.17, 15) is 9.59 Å². The minimum Gasteiger partial charge on any atom is -0.326 e. The van der Waals surface area contributed by atoms with Crippen molar-refractivity contribution in [3.8, 4) is 10.6 Å². The molecule has 0 bridgehead atoms. The van der Waals surface area contributed by atoms with E-state index in [1.807, 2.05) is 42.5 Å². The van der Waals surface area contributed by atoms with E-state index in [4.69, 9.17) is 0 Å². The van der Waals surface area contributed by atoms with Crippen LogP contribution in [0, 0.1) is 0 Å². The van der Waals surface area contributed by atoms with E-state index in [0.29, 0.717) is 16.9 Å². The summed E-state index contributed by atoms with van der Waals surface area (Å²) >= 11 is 1.64. The fraction of sp³-hybridized carbons (Fsp3) is 0.0455. The van der Waals surface area contributed by atoms with Crippen LogP contribution in [0.2, 0.25) is 0 Å². The molecule has 4 aromatic rings. The summed E-state index contributed by atoms with van der Waals surface area (Å²) in [6, 6.07) is 22.5. The third-order valence-corrected chi connectivity index (χ3v) is 5.21. The number of thiazole rings is 1. The number of nitrogens with one attached hydrogen (secondary N) is 2. The van der Waals surface area contributed by atoms with Crippen molar-refractivity contribution in [2.24, 2.45) is 0 Å². The molecule has 1 heterocycles. The highest BCUT2D eigenvalue weighted by Crippen LogP contribution is 2.30. The zero-order valence-electron chi connectivity index (χ0n) is 15.1. The number of hydrogen-bond acceptors (Lipinski definition) is 4. The first-order chi connectivity index (χ1) is 13.6. The molecule has 138 valence electrons. The number of hydrogen-bond donors (Lipinski definition) is 2. The number of nitrogens with zero attached hydrogens (tertiary/aromatic N) is 1. The molecule has 1 aromatic heterocycles. The third kappa shape index (κ3) is 3.92. The molecule has 0 saturated carbocycles. The van der Waals surface area contributed by atoms with Gasteiger partial charge in [0.05, 0.1) is 10.2 Å². The largest absolute Gasteiger partial charge is 0.326 e. The summed E-state index contributed by atoms with van der Waals surface area (Å²) in [5, 5.41) is 6.50. The molecular formula is C22H17N3O2S. The van der Waals surface area contributed by atoms with Crippen LogP contribution < -0.4 is 10.6 Å². The molecule has 6 heteroatoms. The number of aromatic nitrogens is 1. The molecule has 28 heavy (non-hydrogen) atoms. The Kier molecular flexibility index (Phi) is 4.87. The van der Waals surface area contributed by atoms with E-state index in [-0.39, 0.29) is 11.8 Å². The second-order valence-electron chi connectivity index (χ2n) is 6.28. The number of carbonyl (C=O) groups excluding carboxylic acids is 2. The summed E-state index contributed by atoms with van der Waals surface area (Å²) < 4.78 is 1.15. The van der Waals surface area contributed by atoms with Crippen LogP contribution in [0.25, 0.3) is 20.8 Å². The average Bonchev–Trinajstić information content (AvgIpc) is 3.12. The molecule has 0 unspecified atom stereocenters.